The SMILES string of the molecule is CC(=O)OC[C@H]1O[C@@H](Oc2ccc(Oc3cc4c5c(ccc6c7c(Oc8ccc(O[C@@H]9O[C@H](COC(C)=O)[C@@H](OC(C)=O)[C@H](OC(C)=O)[C@H]9OC(C)=O)cc8)cc8c9c(ccc(c3c56)c97)C(=O)N(c3c(C(C)C)cccc3C(C)C)C8=O)C(=O)N(c3c(C(C)C)cccc3C(C)C)C4=O)cc2)[C@H](OC(C)=O)[C@@H](OC(C)=O)[C@@H]1OC(C)=O. The maximum atomic E-state index is 16.2. The third-order valence-electron chi connectivity index (χ3n) is 20.4. The number of esters is 8. The van der Waals surface area contributed by atoms with Gasteiger partial charge in [0, 0.05) is 98.8 Å². The summed E-state index contributed by atoms with van der Waals surface area (Å²) in [5.41, 5.74) is 4.22. The summed E-state index contributed by atoms with van der Waals surface area (Å²) in [6.07, 6.45) is -15.1. The third kappa shape index (κ3) is 15.7. The Morgan fingerprint density at radius 2 is 0.612 bits per heavy atom. The molecule has 0 saturated carbocycles. The minimum absolute atomic E-state index is 0.0550. The average molecular weight is 1590 g/mol. The van der Waals surface area contributed by atoms with E-state index in [1.807, 2.05) is 91.8 Å². The predicted molar refractivity (Wildman–Crippen MR) is 417 cm³/mol. The second-order valence-electron chi connectivity index (χ2n) is 30.0. The Labute approximate surface area is 665 Å². The van der Waals surface area contributed by atoms with Crippen molar-refractivity contribution in [1.29, 1.82) is 0 Å². The molecule has 0 N–H and O–H groups in total. The van der Waals surface area contributed by atoms with Crippen molar-refractivity contribution in [2.45, 2.75) is 196 Å². The van der Waals surface area contributed by atoms with E-state index in [1.165, 1.54) is 58.3 Å². The third-order valence-corrected chi connectivity index (χ3v) is 20.4. The fourth-order valence-electron chi connectivity index (χ4n) is 15.8. The summed E-state index contributed by atoms with van der Waals surface area (Å²) >= 11 is 0. The van der Waals surface area contributed by atoms with Crippen LogP contribution in [0.25, 0.3) is 43.1 Å². The summed E-state index contributed by atoms with van der Waals surface area (Å²) in [6.45, 7) is 23.6. The monoisotopic (exact) mass is 1590 g/mol. The second-order valence-corrected chi connectivity index (χ2v) is 30.0. The largest absolute Gasteiger partial charge is 0.463 e. The van der Waals surface area contributed by atoms with Crippen LogP contribution in [-0.4, -0.2) is 146 Å². The standard InChI is InChI=1S/C88H86N2O26/c1-39(2)55-19-17-20-56(40(3)4)75(55)89-83(99)61-33-31-59-72-66(112-52-25-29-54(30-26-52)114-88-82(110-50(16)98)80(108-48(14)96)78(106-46(12)94)68(116-88)38-104-44(10)92)36-64-70-62(84(100)90(86(64)102)76-57(41(5)6)21-18-22-58(76)42(7)8)34-32-60(74(70)72)71-65(35-63(85(89)101)69(61)73(59)71)111-51-23-27-53(28-24-51)113-87-81(109-49(15)97)79(107-47(13)95)77(105-45(11)93)67(115-87)37-103-43(9)91/h17-36,39-42,67-68,77-82,87-88H,37-38H2,1-16H3/t67-,68-,77-,78-,79+,80+,81-,82-,87-,88-/m1/s1. The quantitative estimate of drug-likeness (QED) is 0.0178. The lowest BCUT2D eigenvalue weighted by Crippen LogP contribution is -2.63. The zero-order valence-electron chi connectivity index (χ0n) is 66.6. The van der Waals surface area contributed by atoms with E-state index in [0.29, 0.717) is 43.7 Å². The molecule has 0 spiro atoms. The summed E-state index contributed by atoms with van der Waals surface area (Å²) in [5.74, 6) is -9.30. The van der Waals surface area contributed by atoms with Gasteiger partial charge in [-0.15, -0.1) is 0 Å². The Morgan fingerprint density at radius 1 is 0.328 bits per heavy atom. The molecule has 13 rings (SSSR count). The van der Waals surface area contributed by atoms with Crippen LogP contribution in [0.3, 0.4) is 0 Å². The molecule has 4 aliphatic heterocycles. The van der Waals surface area contributed by atoms with Gasteiger partial charge in [-0.3, -0.25) is 57.5 Å². The van der Waals surface area contributed by atoms with Crippen LogP contribution >= 0.6 is 0 Å². The lowest BCUT2D eigenvalue weighted by atomic mass is 9.80. The van der Waals surface area contributed by atoms with Crippen LogP contribution in [-0.2, 0) is 85.7 Å². The first-order chi connectivity index (χ1) is 55.1. The highest BCUT2D eigenvalue weighted by Gasteiger charge is 2.56. The predicted octanol–water partition coefficient (Wildman–Crippen LogP) is 14.3. The number of benzene rings is 9. The first-order valence-electron chi connectivity index (χ1n) is 37.9. The van der Waals surface area contributed by atoms with E-state index in [-0.39, 0.29) is 91.2 Å². The minimum Gasteiger partial charge on any atom is -0.463 e. The van der Waals surface area contributed by atoms with Crippen molar-refractivity contribution in [3.63, 3.8) is 0 Å². The molecule has 0 bridgehead atoms. The molecule has 2 fully saturated rings. The van der Waals surface area contributed by atoms with Gasteiger partial charge in [0.05, 0.1) is 22.5 Å². The van der Waals surface area contributed by atoms with E-state index in [0.717, 1.165) is 77.6 Å². The summed E-state index contributed by atoms with van der Waals surface area (Å²) in [7, 11) is 0. The number of hydrogen-bond acceptors (Lipinski definition) is 26. The van der Waals surface area contributed by atoms with Crippen LogP contribution in [0.2, 0.25) is 0 Å². The van der Waals surface area contributed by atoms with Crippen LogP contribution < -0.4 is 28.7 Å². The minimum atomic E-state index is -1.62. The van der Waals surface area contributed by atoms with Crippen molar-refractivity contribution in [2.75, 3.05) is 23.0 Å². The number of fused-ring (bicyclic) bond motifs is 2. The molecule has 0 aliphatic carbocycles. The van der Waals surface area contributed by atoms with Gasteiger partial charge in [0.25, 0.3) is 23.6 Å². The highest BCUT2D eigenvalue weighted by Crippen LogP contribution is 2.55. The molecular weight excluding hydrogens is 1500 g/mol. The van der Waals surface area contributed by atoms with Crippen LogP contribution in [0.1, 0.15) is 198 Å². The van der Waals surface area contributed by atoms with E-state index < -0.39 is 146 Å². The summed E-state index contributed by atoms with van der Waals surface area (Å²) in [6, 6.07) is 33.3. The van der Waals surface area contributed by atoms with Gasteiger partial charge in [0.2, 0.25) is 24.8 Å². The van der Waals surface area contributed by atoms with Crippen LogP contribution in [0, 0.1) is 0 Å². The van der Waals surface area contributed by atoms with Crippen molar-refractivity contribution in [3.8, 4) is 34.5 Å². The van der Waals surface area contributed by atoms with Gasteiger partial charge >= 0.3 is 47.8 Å². The second kappa shape index (κ2) is 32.7. The number of carbonyl (C=O) groups is 12. The highest BCUT2D eigenvalue weighted by atomic mass is 16.7. The summed E-state index contributed by atoms with van der Waals surface area (Å²) in [4.78, 5) is 167. The van der Waals surface area contributed by atoms with Crippen LogP contribution in [0.5, 0.6) is 34.5 Å². The molecule has 28 nitrogen and oxygen atoms in total. The number of amides is 4. The molecule has 10 atom stereocenters. The van der Waals surface area contributed by atoms with Gasteiger partial charge in [-0.25, -0.2) is 9.80 Å². The smallest absolute Gasteiger partial charge is 0.303 e. The number of imide groups is 2. The Bertz CT molecular complexity index is 5120. The molecule has 0 aromatic heterocycles. The fourth-order valence-corrected chi connectivity index (χ4v) is 15.8. The van der Waals surface area contributed by atoms with E-state index in [2.05, 4.69) is 0 Å². The van der Waals surface area contributed by atoms with Crippen molar-refractivity contribution in [2.24, 2.45) is 0 Å². The Kier molecular flexibility index (Phi) is 23.0. The Hall–Kier alpha value is -12.6. The van der Waals surface area contributed by atoms with E-state index >= 15 is 19.2 Å². The van der Waals surface area contributed by atoms with E-state index in [9.17, 15) is 38.4 Å². The molecule has 9 aromatic rings. The number of nitrogens with zero attached hydrogens (tertiary/aromatic N) is 2. The lowest BCUT2D eigenvalue weighted by molar-refractivity contribution is -0.288. The number of hydrogen-bond donors (Lipinski definition) is 0. The van der Waals surface area contributed by atoms with Crippen LogP contribution in [0.4, 0.5) is 11.4 Å². The molecular formula is C88H86N2O26. The van der Waals surface area contributed by atoms with Gasteiger partial charge in [0.1, 0.15) is 59.9 Å². The molecule has 4 heterocycles. The highest BCUT2D eigenvalue weighted by molar-refractivity contribution is 6.47. The fraction of sp³-hybridized carbons (Fsp3) is 0.364. The van der Waals surface area contributed by atoms with Gasteiger partial charge in [-0.2, -0.15) is 0 Å². The molecule has 2 saturated heterocycles. The molecule has 0 radical (unpaired) electrons. The molecule has 9 aromatic carbocycles. The maximum Gasteiger partial charge on any atom is 0.303 e. The van der Waals surface area contributed by atoms with Gasteiger partial charge < -0.3 is 66.3 Å². The molecule has 28 heteroatoms. The zero-order valence-corrected chi connectivity index (χ0v) is 66.6. The van der Waals surface area contributed by atoms with Crippen molar-refractivity contribution < 1.29 is 124 Å². The van der Waals surface area contributed by atoms with Gasteiger partial charge in [0.15, 0.2) is 24.4 Å². The first-order valence-corrected chi connectivity index (χ1v) is 37.9. The van der Waals surface area contributed by atoms with E-state index in [4.69, 9.17) is 66.3 Å². The summed E-state index contributed by atoms with van der Waals surface area (Å²) < 4.78 is 84.0. The number of ether oxygens (including phenoxy) is 14. The average Bonchev–Trinajstić information content (AvgIpc) is 0.677. The van der Waals surface area contributed by atoms with Crippen LogP contribution in [0.15, 0.2) is 121 Å². The van der Waals surface area contributed by atoms with Gasteiger partial charge in [-0.1, -0.05) is 104 Å². The molecule has 4 aliphatic rings. The number of rotatable bonds is 24. The van der Waals surface area contributed by atoms with Crippen molar-refractivity contribution >= 4 is 126 Å². The Morgan fingerprint density at radius 3 is 0.905 bits per heavy atom. The molecule has 604 valence electrons. The topological polar surface area (TPSA) is 341 Å². The Balaban J connectivity index is 1.01. The number of anilines is 2. The van der Waals surface area contributed by atoms with Crippen molar-refractivity contribution in [1.82, 2.24) is 0 Å². The lowest BCUT2D eigenvalue weighted by Gasteiger charge is -2.43. The number of para-hydroxylation sites is 2. The zero-order chi connectivity index (χ0) is 83.5. The molecule has 0 unspecified atom stereocenters. The van der Waals surface area contributed by atoms with E-state index in [1.54, 1.807) is 36.4 Å². The van der Waals surface area contributed by atoms with Gasteiger partial charge in [-0.05, 0) is 129 Å². The normalized spacial score (nSPS) is 20.5. The summed E-state index contributed by atoms with van der Waals surface area (Å²) in [5, 5.41) is 2.60. The van der Waals surface area contributed by atoms with Crippen molar-refractivity contribution in [3.05, 3.63) is 166 Å². The maximum absolute atomic E-state index is 16.2. The first kappa shape index (κ1) is 81.5. The number of carbonyl (C=O) groups excluding carboxylic acids is 12. The molecule has 116 heavy (non-hydrogen) atoms. The molecule has 4 amide bonds.